The minimum Gasteiger partial charge on any atom is -0.476 e. The van der Waals surface area contributed by atoms with Crippen molar-refractivity contribution in [1.29, 1.82) is 0 Å². The number of aromatic nitrogens is 3. The van der Waals surface area contributed by atoms with Gasteiger partial charge in [-0.2, -0.15) is 0 Å². The molecule has 0 aliphatic heterocycles. The maximum absolute atomic E-state index is 11.2. The molecule has 1 aromatic heterocycles. The molecule has 0 bridgehead atoms. The third kappa shape index (κ3) is 2.02. The Hall–Kier alpha value is -1.39. The van der Waals surface area contributed by atoms with Crippen LogP contribution in [0, 0.1) is 11.8 Å². The van der Waals surface area contributed by atoms with E-state index < -0.39 is 5.97 Å². The van der Waals surface area contributed by atoms with Gasteiger partial charge in [-0.3, -0.25) is 0 Å². The summed E-state index contributed by atoms with van der Waals surface area (Å²) in [5.41, 5.74) is 0.998. The van der Waals surface area contributed by atoms with Crippen LogP contribution in [0.3, 0.4) is 0 Å². The number of nitrogens with zero attached hydrogens (tertiary/aromatic N) is 3. The topological polar surface area (TPSA) is 68.0 Å². The quantitative estimate of drug-likeness (QED) is 0.869. The first-order valence-corrected chi connectivity index (χ1v) is 6.84. The zero-order valence-corrected chi connectivity index (χ0v) is 10.7. The largest absolute Gasteiger partial charge is 0.476 e. The summed E-state index contributed by atoms with van der Waals surface area (Å²) in [6, 6.07) is 0.285. The molecule has 5 heteroatoms. The molecule has 0 amide bonds. The van der Waals surface area contributed by atoms with Crippen LogP contribution in [0.25, 0.3) is 0 Å². The van der Waals surface area contributed by atoms with Crippen molar-refractivity contribution in [3.63, 3.8) is 0 Å². The van der Waals surface area contributed by atoms with Crippen molar-refractivity contribution in [3.05, 3.63) is 11.4 Å². The van der Waals surface area contributed by atoms with E-state index in [-0.39, 0.29) is 11.7 Å². The van der Waals surface area contributed by atoms with Crippen molar-refractivity contribution in [2.24, 2.45) is 11.8 Å². The first-order chi connectivity index (χ1) is 8.66. The minimum absolute atomic E-state index is 0.160. The van der Waals surface area contributed by atoms with Crippen LogP contribution in [-0.2, 0) is 6.42 Å². The molecular weight excluding hydrogens is 230 g/mol. The molecule has 2 aliphatic rings. The summed E-state index contributed by atoms with van der Waals surface area (Å²) in [6.07, 6.45) is 6.99. The van der Waals surface area contributed by atoms with E-state index in [1.165, 1.54) is 32.1 Å². The van der Waals surface area contributed by atoms with Gasteiger partial charge >= 0.3 is 5.97 Å². The van der Waals surface area contributed by atoms with Gasteiger partial charge in [0.25, 0.3) is 0 Å². The van der Waals surface area contributed by atoms with Crippen LogP contribution < -0.4 is 0 Å². The first-order valence-electron chi connectivity index (χ1n) is 6.84. The van der Waals surface area contributed by atoms with E-state index in [9.17, 15) is 9.90 Å². The highest BCUT2D eigenvalue weighted by Gasteiger charge is 2.32. The third-order valence-corrected chi connectivity index (χ3v) is 4.39. The second-order valence-electron chi connectivity index (χ2n) is 5.71. The molecule has 2 aliphatic carbocycles. The fourth-order valence-corrected chi connectivity index (χ4v) is 2.71. The number of carbonyl (C=O) groups is 1. The molecular formula is C13H19N3O2. The van der Waals surface area contributed by atoms with Crippen molar-refractivity contribution in [1.82, 2.24) is 15.0 Å². The Kier molecular flexibility index (Phi) is 2.84. The maximum atomic E-state index is 11.2. The van der Waals surface area contributed by atoms with Gasteiger partial charge in [0.15, 0.2) is 5.69 Å². The first kappa shape index (κ1) is 11.7. The van der Waals surface area contributed by atoms with Crippen LogP contribution in [-0.4, -0.2) is 26.1 Å². The molecule has 2 saturated carbocycles. The number of hydrogen-bond donors (Lipinski definition) is 1. The van der Waals surface area contributed by atoms with Gasteiger partial charge in [-0.05, 0) is 50.9 Å². The predicted octanol–water partition coefficient (Wildman–Crippen LogP) is 2.29. The van der Waals surface area contributed by atoms with E-state index in [0.717, 1.165) is 12.1 Å². The number of rotatable bonds is 5. The fraction of sp³-hybridized carbons (Fsp3) is 0.769. The highest BCUT2D eigenvalue weighted by atomic mass is 16.4. The summed E-state index contributed by atoms with van der Waals surface area (Å²) in [5.74, 6) is 0.345. The van der Waals surface area contributed by atoms with Crippen molar-refractivity contribution < 1.29 is 9.90 Å². The lowest BCUT2D eigenvalue weighted by Crippen LogP contribution is -2.25. The lowest BCUT2D eigenvalue weighted by Gasteiger charge is -2.32. The molecule has 1 atom stereocenters. The summed E-state index contributed by atoms with van der Waals surface area (Å²) in [6.45, 7) is 2.14. The summed E-state index contributed by atoms with van der Waals surface area (Å²) in [4.78, 5) is 11.2. The average molecular weight is 249 g/mol. The van der Waals surface area contributed by atoms with Crippen LogP contribution in [0.4, 0.5) is 0 Å². The number of aromatic carboxylic acids is 1. The van der Waals surface area contributed by atoms with Gasteiger partial charge < -0.3 is 5.11 Å². The van der Waals surface area contributed by atoms with Gasteiger partial charge in [0.2, 0.25) is 0 Å². The lowest BCUT2D eigenvalue weighted by atomic mass is 9.80. The molecule has 1 heterocycles. The van der Waals surface area contributed by atoms with E-state index in [4.69, 9.17) is 0 Å². The zero-order valence-electron chi connectivity index (χ0n) is 10.7. The van der Waals surface area contributed by atoms with Gasteiger partial charge in [0.05, 0.1) is 11.7 Å². The Balaban J connectivity index is 1.88. The smallest absolute Gasteiger partial charge is 0.358 e. The molecule has 1 unspecified atom stereocenters. The minimum atomic E-state index is -0.947. The van der Waals surface area contributed by atoms with Gasteiger partial charge in [-0.25, -0.2) is 9.48 Å². The fourth-order valence-electron chi connectivity index (χ4n) is 2.71. The monoisotopic (exact) mass is 249 g/mol. The predicted molar refractivity (Wildman–Crippen MR) is 65.5 cm³/mol. The molecule has 3 rings (SSSR count). The Morgan fingerprint density at radius 3 is 2.67 bits per heavy atom. The highest BCUT2D eigenvalue weighted by Crippen LogP contribution is 2.38. The van der Waals surface area contributed by atoms with E-state index in [0.29, 0.717) is 11.8 Å². The van der Waals surface area contributed by atoms with Crippen LogP contribution in [0.15, 0.2) is 0 Å². The van der Waals surface area contributed by atoms with Crippen molar-refractivity contribution in [2.45, 2.75) is 51.5 Å². The Bertz CT molecular complexity index is 461. The summed E-state index contributed by atoms with van der Waals surface area (Å²) in [5, 5.41) is 17.2. The summed E-state index contributed by atoms with van der Waals surface area (Å²) >= 11 is 0. The van der Waals surface area contributed by atoms with Crippen molar-refractivity contribution >= 4 is 5.97 Å². The second-order valence-corrected chi connectivity index (χ2v) is 5.71. The van der Waals surface area contributed by atoms with Gasteiger partial charge in [-0.1, -0.05) is 11.6 Å². The average Bonchev–Trinajstić information content (AvgIpc) is 2.93. The van der Waals surface area contributed by atoms with E-state index >= 15 is 0 Å². The standard InChI is InChI=1S/C13H19N3O2/c1-8(10-3-2-4-10)16-11(7-9-5-6-9)12(13(17)18)14-15-16/h8-10H,2-7H2,1H3,(H,17,18). The van der Waals surface area contributed by atoms with Crippen molar-refractivity contribution in [3.8, 4) is 0 Å². The van der Waals surface area contributed by atoms with E-state index in [2.05, 4.69) is 17.2 Å². The molecule has 2 fully saturated rings. The Morgan fingerprint density at radius 1 is 1.44 bits per heavy atom. The molecule has 1 aromatic rings. The molecule has 18 heavy (non-hydrogen) atoms. The van der Waals surface area contributed by atoms with Gasteiger partial charge in [-0.15, -0.1) is 5.10 Å². The number of carboxylic acids is 1. The summed E-state index contributed by atoms with van der Waals surface area (Å²) < 4.78 is 1.88. The van der Waals surface area contributed by atoms with E-state index in [1.807, 2.05) is 4.68 Å². The van der Waals surface area contributed by atoms with Gasteiger partial charge in [0.1, 0.15) is 0 Å². The molecule has 5 nitrogen and oxygen atoms in total. The Labute approximate surface area is 106 Å². The van der Waals surface area contributed by atoms with Crippen LogP contribution in [0.5, 0.6) is 0 Å². The molecule has 98 valence electrons. The van der Waals surface area contributed by atoms with Crippen molar-refractivity contribution in [2.75, 3.05) is 0 Å². The molecule has 0 radical (unpaired) electrons. The number of hydrogen-bond acceptors (Lipinski definition) is 3. The normalized spacial score (nSPS) is 21.6. The maximum Gasteiger partial charge on any atom is 0.358 e. The highest BCUT2D eigenvalue weighted by molar-refractivity contribution is 5.86. The molecule has 1 N–H and O–H groups in total. The van der Waals surface area contributed by atoms with E-state index in [1.54, 1.807) is 0 Å². The molecule has 0 spiro atoms. The molecule has 0 saturated heterocycles. The van der Waals surface area contributed by atoms with Crippen LogP contribution in [0.1, 0.15) is 61.3 Å². The Morgan fingerprint density at radius 2 is 2.17 bits per heavy atom. The van der Waals surface area contributed by atoms with Gasteiger partial charge in [0, 0.05) is 0 Å². The van der Waals surface area contributed by atoms with Crippen LogP contribution >= 0.6 is 0 Å². The molecule has 0 aromatic carbocycles. The zero-order chi connectivity index (χ0) is 12.7. The second kappa shape index (κ2) is 4.37. The lowest BCUT2D eigenvalue weighted by molar-refractivity contribution is 0.0689. The number of carboxylic acid groups (broad SMARTS) is 1. The van der Waals surface area contributed by atoms with Crippen LogP contribution in [0.2, 0.25) is 0 Å². The third-order valence-electron chi connectivity index (χ3n) is 4.39. The SMILES string of the molecule is CC(C1CCC1)n1nnc(C(=O)O)c1CC1CC1. The summed E-state index contributed by atoms with van der Waals surface area (Å²) in [7, 11) is 0.